The first kappa shape index (κ1) is 27.8. The van der Waals surface area contributed by atoms with Crippen molar-refractivity contribution in [1.29, 1.82) is 0 Å². The minimum absolute atomic E-state index is 0.0680. The van der Waals surface area contributed by atoms with E-state index < -0.39 is 20.1 Å². The number of aryl methyl sites for hydroxylation is 1. The van der Waals surface area contributed by atoms with Gasteiger partial charge in [-0.25, -0.2) is 4.98 Å². The van der Waals surface area contributed by atoms with Crippen molar-refractivity contribution in [1.82, 2.24) is 19.7 Å². The molecule has 208 valence electrons. The molecular formula is C30H31F3N4O2Si. The maximum atomic E-state index is 14.1. The topological polar surface area (TPSA) is 66.0 Å². The van der Waals surface area contributed by atoms with Crippen LogP contribution in [-0.4, -0.2) is 28.1 Å². The molecule has 0 spiro atoms. The van der Waals surface area contributed by atoms with E-state index in [1.165, 1.54) is 0 Å². The van der Waals surface area contributed by atoms with Gasteiger partial charge in [0.15, 0.2) is 19.7 Å². The molecule has 0 aliphatic carbocycles. The SMILES string of the molecule is Cn1cnnc1-c1ccccc1-c1cccc(-c2nc3cc(CO[Si](C)(C)C(C)(C)C)cc(C(F)(F)F)c3o2)c1. The quantitative estimate of drug-likeness (QED) is 0.194. The zero-order chi connectivity index (χ0) is 28.9. The molecule has 10 heteroatoms. The molecule has 2 aromatic heterocycles. The summed E-state index contributed by atoms with van der Waals surface area (Å²) >= 11 is 0. The first-order valence-electron chi connectivity index (χ1n) is 12.9. The largest absolute Gasteiger partial charge is 0.435 e. The maximum Gasteiger partial charge on any atom is 0.420 e. The second-order valence-electron chi connectivity index (χ2n) is 11.4. The highest BCUT2D eigenvalue weighted by Crippen LogP contribution is 2.40. The van der Waals surface area contributed by atoms with Gasteiger partial charge in [0.1, 0.15) is 17.4 Å². The van der Waals surface area contributed by atoms with Crippen LogP contribution in [-0.2, 0) is 24.3 Å². The number of aromatic nitrogens is 4. The summed E-state index contributed by atoms with van der Waals surface area (Å²) in [6, 6.07) is 17.9. The lowest BCUT2D eigenvalue weighted by Crippen LogP contribution is -2.40. The minimum Gasteiger partial charge on any atom is -0.435 e. The molecule has 40 heavy (non-hydrogen) atoms. The predicted molar refractivity (Wildman–Crippen MR) is 152 cm³/mol. The molecule has 0 amide bonds. The zero-order valence-electron chi connectivity index (χ0n) is 23.3. The van der Waals surface area contributed by atoms with Gasteiger partial charge in [0.2, 0.25) is 5.89 Å². The first-order chi connectivity index (χ1) is 18.7. The van der Waals surface area contributed by atoms with Crippen molar-refractivity contribution >= 4 is 19.4 Å². The lowest BCUT2D eigenvalue weighted by Gasteiger charge is -2.36. The van der Waals surface area contributed by atoms with Crippen LogP contribution < -0.4 is 0 Å². The van der Waals surface area contributed by atoms with E-state index in [4.69, 9.17) is 8.84 Å². The Hall–Kier alpha value is -3.76. The smallest absolute Gasteiger partial charge is 0.420 e. The van der Waals surface area contributed by atoms with E-state index in [1.54, 1.807) is 18.5 Å². The van der Waals surface area contributed by atoms with E-state index >= 15 is 0 Å². The lowest BCUT2D eigenvalue weighted by atomic mass is 9.97. The number of nitrogens with zero attached hydrogens (tertiary/aromatic N) is 4. The molecule has 0 unspecified atom stereocenters. The van der Waals surface area contributed by atoms with E-state index in [-0.39, 0.29) is 28.6 Å². The molecule has 0 saturated heterocycles. The van der Waals surface area contributed by atoms with Crippen molar-refractivity contribution in [2.24, 2.45) is 7.05 Å². The van der Waals surface area contributed by atoms with Gasteiger partial charge >= 0.3 is 6.18 Å². The van der Waals surface area contributed by atoms with Gasteiger partial charge in [-0.15, -0.1) is 10.2 Å². The van der Waals surface area contributed by atoms with Gasteiger partial charge < -0.3 is 13.4 Å². The molecule has 6 nitrogen and oxygen atoms in total. The Balaban J connectivity index is 1.56. The molecule has 0 N–H and O–H groups in total. The Kier molecular flexibility index (Phi) is 6.95. The summed E-state index contributed by atoms with van der Waals surface area (Å²) in [6.07, 6.45) is -2.98. The predicted octanol–water partition coefficient (Wildman–Crippen LogP) is 8.50. The maximum absolute atomic E-state index is 14.1. The Labute approximate surface area is 232 Å². The fourth-order valence-electron chi connectivity index (χ4n) is 4.27. The molecule has 3 aromatic carbocycles. The summed E-state index contributed by atoms with van der Waals surface area (Å²) in [5.41, 5.74) is 2.59. The van der Waals surface area contributed by atoms with E-state index in [9.17, 15) is 13.2 Å². The normalized spacial score (nSPS) is 12.8. The van der Waals surface area contributed by atoms with E-state index in [0.717, 1.165) is 22.8 Å². The van der Waals surface area contributed by atoms with Crippen molar-refractivity contribution in [3.8, 4) is 34.0 Å². The lowest BCUT2D eigenvalue weighted by molar-refractivity contribution is -0.136. The number of rotatable bonds is 6. The van der Waals surface area contributed by atoms with Crippen LogP contribution in [0.3, 0.4) is 0 Å². The van der Waals surface area contributed by atoms with Crippen molar-refractivity contribution in [2.45, 2.75) is 51.7 Å². The van der Waals surface area contributed by atoms with Crippen LogP contribution in [0.2, 0.25) is 18.1 Å². The molecule has 0 bridgehead atoms. The third kappa shape index (κ3) is 5.33. The van der Waals surface area contributed by atoms with Crippen LogP contribution in [0.1, 0.15) is 31.9 Å². The third-order valence-electron chi connectivity index (χ3n) is 7.56. The van der Waals surface area contributed by atoms with Gasteiger partial charge in [-0.2, -0.15) is 13.2 Å². The molecule has 5 aromatic rings. The molecular weight excluding hydrogens is 533 g/mol. The molecule has 0 aliphatic rings. The van der Waals surface area contributed by atoms with Crippen molar-refractivity contribution in [3.63, 3.8) is 0 Å². The highest BCUT2D eigenvalue weighted by Gasteiger charge is 2.38. The minimum atomic E-state index is -4.61. The van der Waals surface area contributed by atoms with Crippen LogP contribution in [0.15, 0.2) is 71.4 Å². The summed E-state index contributed by atoms with van der Waals surface area (Å²) in [5.74, 6) is 0.811. The average molecular weight is 565 g/mol. The molecule has 2 heterocycles. The van der Waals surface area contributed by atoms with Crippen molar-refractivity contribution in [2.75, 3.05) is 0 Å². The summed E-state index contributed by atoms with van der Waals surface area (Å²) in [4.78, 5) is 4.49. The molecule has 5 rings (SSSR count). The van der Waals surface area contributed by atoms with Crippen LogP contribution in [0, 0.1) is 0 Å². The van der Waals surface area contributed by atoms with Gasteiger partial charge in [0.25, 0.3) is 0 Å². The number of benzene rings is 3. The van der Waals surface area contributed by atoms with Crippen molar-refractivity contribution < 1.29 is 22.0 Å². The fourth-order valence-corrected chi connectivity index (χ4v) is 5.23. The Bertz CT molecular complexity index is 1680. The standard InChI is InChI=1S/C30H31F3N4O2Si/c1-29(2,3)40(5,6)38-17-19-14-24(30(31,32)33)26-25(15-19)35-28(39-26)21-11-9-10-20(16-21)22-12-7-8-13-23(22)27-36-34-18-37(27)4/h7-16,18H,17H2,1-6H3. The highest BCUT2D eigenvalue weighted by molar-refractivity contribution is 6.74. The van der Waals surface area contributed by atoms with Gasteiger partial charge in [0.05, 0.1) is 6.61 Å². The Morgan fingerprint density at radius 2 is 1.62 bits per heavy atom. The molecule has 0 saturated carbocycles. The van der Waals surface area contributed by atoms with E-state index in [0.29, 0.717) is 17.0 Å². The monoisotopic (exact) mass is 564 g/mol. The second-order valence-corrected chi connectivity index (χ2v) is 16.3. The van der Waals surface area contributed by atoms with Gasteiger partial charge in [-0.3, -0.25) is 0 Å². The van der Waals surface area contributed by atoms with Gasteiger partial charge in [-0.05, 0) is 59.1 Å². The Morgan fingerprint density at radius 1 is 0.925 bits per heavy atom. The highest BCUT2D eigenvalue weighted by atomic mass is 28.4. The van der Waals surface area contributed by atoms with Crippen molar-refractivity contribution in [3.05, 3.63) is 78.1 Å². The van der Waals surface area contributed by atoms with Gasteiger partial charge in [0, 0.05) is 18.2 Å². The first-order valence-corrected chi connectivity index (χ1v) is 15.8. The number of alkyl halides is 3. The Morgan fingerprint density at radius 3 is 2.27 bits per heavy atom. The molecule has 0 radical (unpaired) electrons. The zero-order valence-corrected chi connectivity index (χ0v) is 24.3. The molecule has 0 atom stereocenters. The van der Waals surface area contributed by atoms with E-state index in [1.807, 2.05) is 54.1 Å². The number of halogens is 3. The third-order valence-corrected chi connectivity index (χ3v) is 12.0. The average Bonchev–Trinajstić information content (AvgIpc) is 3.52. The van der Waals surface area contributed by atoms with Crippen LogP contribution in [0.5, 0.6) is 0 Å². The second kappa shape index (κ2) is 10.0. The molecule has 0 aliphatic heterocycles. The van der Waals surface area contributed by atoms with Gasteiger partial charge in [-0.1, -0.05) is 57.2 Å². The fraction of sp³-hybridized carbons (Fsp3) is 0.300. The summed E-state index contributed by atoms with van der Waals surface area (Å²) in [5, 5.41) is 8.15. The number of hydrogen-bond acceptors (Lipinski definition) is 5. The summed E-state index contributed by atoms with van der Waals surface area (Å²) < 4.78 is 56.2. The van der Waals surface area contributed by atoms with Crippen LogP contribution >= 0.6 is 0 Å². The summed E-state index contributed by atoms with van der Waals surface area (Å²) in [6.45, 7) is 10.5. The number of fused-ring (bicyclic) bond motifs is 1. The van der Waals surface area contributed by atoms with Crippen LogP contribution in [0.4, 0.5) is 13.2 Å². The van der Waals surface area contributed by atoms with Crippen LogP contribution in [0.25, 0.3) is 45.1 Å². The molecule has 0 fully saturated rings. The van der Waals surface area contributed by atoms with E-state index in [2.05, 4.69) is 49.0 Å². The number of hydrogen-bond donors (Lipinski definition) is 0. The number of oxazole rings is 1. The summed E-state index contributed by atoms with van der Waals surface area (Å²) in [7, 11) is -0.302.